The maximum atomic E-state index is 14.7. The van der Waals surface area contributed by atoms with E-state index in [0.29, 0.717) is 22.1 Å². The maximum Gasteiger partial charge on any atom is 0.235 e. The van der Waals surface area contributed by atoms with Crippen molar-refractivity contribution in [1.82, 2.24) is 14.8 Å². The predicted molar refractivity (Wildman–Crippen MR) is 114 cm³/mol. The van der Waals surface area contributed by atoms with Crippen LogP contribution >= 0.6 is 11.6 Å². The molecule has 5 rings (SSSR count). The van der Waals surface area contributed by atoms with Gasteiger partial charge in [0.25, 0.3) is 0 Å². The van der Waals surface area contributed by atoms with Crippen molar-refractivity contribution in [3.05, 3.63) is 64.7 Å². The number of carbonyl (C=O) groups excluding carboxylic acids is 1. The first-order valence-electron chi connectivity index (χ1n) is 10.4. The number of fused-ring (bicyclic) bond motifs is 1. The molecule has 2 aliphatic rings. The Bertz CT molecular complexity index is 1120. The third-order valence-electron chi connectivity index (χ3n) is 6.14. The van der Waals surface area contributed by atoms with Crippen LogP contribution in [0.3, 0.4) is 0 Å². The lowest BCUT2D eigenvalue weighted by Crippen LogP contribution is -2.27. The number of nitrogens with one attached hydrogen (secondary N) is 1. The Morgan fingerprint density at radius 3 is 2.77 bits per heavy atom. The highest BCUT2D eigenvalue weighted by atomic mass is 35.5. The van der Waals surface area contributed by atoms with Gasteiger partial charge in [-0.25, -0.2) is 4.39 Å². The fourth-order valence-corrected chi connectivity index (χ4v) is 4.46. The van der Waals surface area contributed by atoms with Gasteiger partial charge in [0.2, 0.25) is 5.91 Å². The van der Waals surface area contributed by atoms with Crippen molar-refractivity contribution >= 4 is 23.2 Å². The molecule has 0 atom stereocenters. The Morgan fingerprint density at radius 2 is 1.97 bits per heavy atom. The second kappa shape index (κ2) is 7.51. The molecule has 5 nitrogen and oxygen atoms in total. The molecule has 0 radical (unpaired) electrons. The number of anilines is 1. The minimum absolute atomic E-state index is 0.0950. The van der Waals surface area contributed by atoms with Gasteiger partial charge in [0.05, 0.1) is 11.0 Å². The Labute approximate surface area is 179 Å². The van der Waals surface area contributed by atoms with E-state index in [1.54, 1.807) is 18.2 Å². The van der Waals surface area contributed by atoms with Gasteiger partial charge in [-0.2, -0.15) is 0 Å². The number of halogens is 2. The van der Waals surface area contributed by atoms with Crippen molar-refractivity contribution in [3.63, 3.8) is 0 Å². The zero-order chi connectivity index (χ0) is 20.7. The number of aromatic nitrogens is 3. The number of benzene rings is 2. The second-order valence-electron chi connectivity index (χ2n) is 8.14. The van der Waals surface area contributed by atoms with Crippen LogP contribution in [0.15, 0.2) is 42.5 Å². The van der Waals surface area contributed by atoms with Crippen molar-refractivity contribution in [2.24, 2.45) is 0 Å². The zero-order valence-electron chi connectivity index (χ0n) is 16.5. The van der Waals surface area contributed by atoms with E-state index in [1.165, 1.54) is 6.07 Å². The van der Waals surface area contributed by atoms with Gasteiger partial charge in [0.15, 0.2) is 5.82 Å². The first kappa shape index (κ1) is 19.2. The normalized spacial score (nSPS) is 17.1. The third-order valence-corrected chi connectivity index (χ3v) is 6.37. The number of hydrogen-bond acceptors (Lipinski definition) is 3. The molecule has 1 amide bonds. The molecule has 0 saturated heterocycles. The van der Waals surface area contributed by atoms with E-state index in [9.17, 15) is 9.18 Å². The van der Waals surface area contributed by atoms with Crippen LogP contribution in [0, 0.1) is 5.82 Å². The van der Waals surface area contributed by atoms with Crippen LogP contribution < -0.4 is 5.32 Å². The summed E-state index contributed by atoms with van der Waals surface area (Å²) in [5.74, 6) is 0.955. The van der Waals surface area contributed by atoms with Gasteiger partial charge in [-0.05, 0) is 61.6 Å². The van der Waals surface area contributed by atoms with E-state index in [2.05, 4.69) is 15.5 Å². The molecule has 0 spiro atoms. The van der Waals surface area contributed by atoms with Crippen LogP contribution in [0.5, 0.6) is 0 Å². The Hall–Kier alpha value is -2.73. The van der Waals surface area contributed by atoms with E-state index in [4.69, 9.17) is 11.6 Å². The summed E-state index contributed by atoms with van der Waals surface area (Å²) in [6, 6.07) is 12.1. The van der Waals surface area contributed by atoms with Crippen LogP contribution in [0.2, 0.25) is 5.02 Å². The summed E-state index contributed by atoms with van der Waals surface area (Å²) >= 11 is 6.12. The molecular formula is C23H22ClFN4O. The summed E-state index contributed by atoms with van der Waals surface area (Å²) in [6.45, 7) is 0.783. The zero-order valence-corrected chi connectivity index (χ0v) is 17.3. The van der Waals surface area contributed by atoms with Crippen LogP contribution in [0.1, 0.15) is 43.5 Å². The summed E-state index contributed by atoms with van der Waals surface area (Å²) in [5, 5.41) is 12.1. The number of rotatable bonds is 4. The molecule has 2 aromatic carbocycles. The van der Waals surface area contributed by atoms with Gasteiger partial charge in [-0.1, -0.05) is 30.2 Å². The SMILES string of the molecule is O=C(Nc1ccc(F)c(-c2nnc3n2CCCCC3)c1)C1(c2cccc(Cl)c2)CC1. The number of carbonyl (C=O) groups is 1. The van der Waals surface area contributed by atoms with Crippen molar-refractivity contribution < 1.29 is 9.18 Å². The molecule has 1 aromatic heterocycles. The molecule has 3 aromatic rings. The van der Waals surface area contributed by atoms with E-state index in [-0.39, 0.29) is 11.7 Å². The molecule has 1 fully saturated rings. The number of amides is 1. The van der Waals surface area contributed by atoms with E-state index in [0.717, 1.165) is 56.5 Å². The molecule has 154 valence electrons. The lowest BCUT2D eigenvalue weighted by atomic mass is 9.95. The summed E-state index contributed by atoms with van der Waals surface area (Å²) in [5.41, 5.74) is 1.26. The van der Waals surface area contributed by atoms with E-state index >= 15 is 0 Å². The first-order chi connectivity index (χ1) is 14.6. The summed E-state index contributed by atoms with van der Waals surface area (Å²) < 4.78 is 16.7. The molecule has 1 aliphatic heterocycles. The Morgan fingerprint density at radius 1 is 1.10 bits per heavy atom. The molecule has 30 heavy (non-hydrogen) atoms. The van der Waals surface area contributed by atoms with Gasteiger partial charge in [-0.15, -0.1) is 10.2 Å². The summed E-state index contributed by atoms with van der Waals surface area (Å²) in [7, 11) is 0. The fourth-order valence-electron chi connectivity index (χ4n) is 4.27. The van der Waals surface area contributed by atoms with Gasteiger partial charge in [0.1, 0.15) is 11.6 Å². The highest BCUT2D eigenvalue weighted by Crippen LogP contribution is 2.49. The Balaban J connectivity index is 1.44. The van der Waals surface area contributed by atoms with Crippen LogP contribution in [0.25, 0.3) is 11.4 Å². The highest BCUT2D eigenvalue weighted by molar-refractivity contribution is 6.30. The summed E-state index contributed by atoms with van der Waals surface area (Å²) in [6.07, 6.45) is 5.62. The van der Waals surface area contributed by atoms with Crippen molar-refractivity contribution in [3.8, 4) is 11.4 Å². The van der Waals surface area contributed by atoms with Crippen molar-refractivity contribution in [2.45, 2.75) is 50.5 Å². The third kappa shape index (κ3) is 3.39. The second-order valence-corrected chi connectivity index (χ2v) is 8.58. The highest BCUT2D eigenvalue weighted by Gasteiger charge is 2.51. The number of aryl methyl sites for hydroxylation is 1. The minimum atomic E-state index is -0.564. The molecule has 0 unspecified atom stereocenters. The van der Waals surface area contributed by atoms with Crippen LogP contribution in [-0.4, -0.2) is 20.7 Å². The monoisotopic (exact) mass is 424 g/mol. The molecule has 1 N–H and O–H groups in total. The van der Waals surface area contributed by atoms with E-state index in [1.807, 2.05) is 22.8 Å². The average molecular weight is 425 g/mol. The van der Waals surface area contributed by atoms with Gasteiger partial charge >= 0.3 is 0 Å². The molecule has 2 heterocycles. The van der Waals surface area contributed by atoms with Gasteiger partial charge in [0, 0.05) is 23.7 Å². The van der Waals surface area contributed by atoms with Crippen LogP contribution in [-0.2, 0) is 23.2 Å². The quantitative estimate of drug-likeness (QED) is 0.631. The Kier molecular flexibility index (Phi) is 4.82. The van der Waals surface area contributed by atoms with Gasteiger partial charge in [-0.3, -0.25) is 4.79 Å². The largest absolute Gasteiger partial charge is 0.325 e. The smallest absolute Gasteiger partial charge is 0.235 e. The maximum absolute atomic E-state index is 14.7. The van der Waals surface area contributed by atoms with Crippen LogP contribution in [0.4, 0.5) is 10.1 Å². The molecule has 7 heteroatoms. The number of hydrogen-bond donors (Lipinski definition) is 1. The lowest BCUT2D eigenvalue weighted by Gasteiger charge is -2.17. The number of nitrogens with zero attached hydrogens (tertiary/aromatic N) is 3. The predicted octanol–water partition coefficient (Wildman–Crippen LogP) is 5.13. The minimum Gasteiger partial charge on any atom is -0.325 e. The fraction of sp³-hybridized carbons (Fsp3) is 0.348. The van der Waals surface area contributed by atoms with Gasteiger partial charge < -0.3 is 9.88 Å². The van der Waals surface area contributed by atoms with Crippen molar-refractivity contribution in [1.29, 1.82) is 0 Å². The van der Waals surface area contributed by atoms with E-state index < -0.39 is 5.41 Å². The molecule has 0 bridgehead atoms. The molecule has 1 saturated carbocycles. The first-order valence-corrected chi connectivity index (χ1v) is 10.7. The standard InChI is InChI=1S/C23H22ClFN4O/c24-16-6-4-5-15(13-16)23(10-11-23)22(30)26-17-8-9-19(25)18(14-17)21-28-27-20-7-2-1-3-12-29(20)21/h4-6,8-9,13-14H,1-3,7,10-12H2,(H,26,30). The summed E-state index contributed by atoms with van der Waals surface area (Å²) in [4.78, 5) is 13.1. The molecule has 1 aliphatic carbocycles. The average Bonchev–Trinajstić information content (AvgIpc) is 3.51. The topological polar surface area (TPSA) is 59.8 Å². The van der Waals surface area contributed by atoms with Crippen molar-refractivity contribution in [2.75, 3.05) is 5.32 Å². The lowest BCUT2D eigenvalue weighted by molar-refractivity contribution is -0.118. The molecular weight excluding hydrogens is 403 g/mol.